The highest BCUT2D eigenvalue weighted by Crippen LogP contribution is 2.31. The minimum Gasteiger partial charge on any atom is -0.299 e. The Labute approximate surface area is 117 Å². The van der Waals surface area contributed by atoms with E-state index >= 15 is 0 Å². The van der Waals surface area contributed by atoms with Gasteiger partial charge in [-0.2, -0.15) is 0 Å². The van der Waals surface area contributed by atoms with Crippen LogP contribution < -0.4 is 0 Å². The quantitative estimate of drug-likeness (QED) is 0.755. The molecular formula is C18H26O. The second kappa shape index (κ2) is 6.88. The van der Waals surface area contributed by atoms with Gasteiger partial charge in [-0.15, -0.1) is 0 Å². The van der Waals surface area contributed by atoms with Crippen molar-refractivity contribution in [1.29, 1.82) is 0 Å². The van der Waals surface area contributed by atoms with Crippen LogP contribution in [-0.2, 0) is 17.6 Å². The molecule has 0 radical (unpaired) electrons. The minimum absolute atomic E-state index is 0.327. The van der Waals surface area contributed by atoms with Crippen LogP contribution in [0.25, 0.3) is 0 Å². The highest BCUT2D eigenvalue weighted by Gasteiger charge is 2.25. The molecule has 0 aliphatic heterocycles. The van der Waals surface area contributed by atoms with Gasteiger partial charge in [-0.25, -0.2) is 0 Å². The van der Waals surface area contributed by atoms with E-state index in [1.165, 1.54) is 30.4 Å². The van der Waals surface area contributed by atoms with Crippen LogP contribution in [0.2, 0.25) is 0 Å². The summed E-state index contributed by atoms with van der Waals surface area (Å²) < 4.78 is 0. The molecule has 1 aromatic carbocycles. The highest BCUT2D eigenvalue weighted by atomic mass is 16.1. The topological polar surface area (TPSA) is 17.1 Å². The van der Waals surface area contributed by atoms with Gasteiger partial charge in [0.1, 0.15) is 5.78 Å². The van der Waals surface area contributed by atoms with Gasteiger partial charge in [0.25, 0.3) is 0 Å². The molecule has 0 bridgehead atoms. The molecule has 1 aliphatic carbocycles. The smallest absolute Gasteiger partial charge is 0.140 e. The van der Waals surface area contributed by atoms with Gasteiger partial charge >= 0.3 is 0 Å². The molecule has 1 nitrogen and oxygen atoms in total. The van der Waals surface area contributed by atoms with Crippen molar-refractivity contribution in [3.63, 3.8) is 0 Å². The Hall–Kier alpha value is -1.11. The van der Waals surface area contributed by atoms with E-state index in [2.05, 4.69) is 38.1 Å². The van der Waals surface area contributed by atoms with Gasteiger partial charge in [-0.1, -0.05) is 44.5 Å². The number of carbonyl (C=O) groups excluding carboxylic acids is 1. The second-order valence-corrected chi connectivity index (χ2v) is 5.94. The van der Waals surface area contributed by atoms with Crippen molar-refractivity contribution < 1.29 is 4.79 Å². The number of ketones is 1. The number of hydrogen-bond acceptors (Lipinski definition) is 1. The average Bonchev–Trinajstić information content (AvgIpc) is 2.48. The molecule has 19 heavy (non-hydrogen) atoms. The summed E-state index contributed by atoms with van der Waals surface area (Å²) in [6, 6.07) is 8.54. The lowest BCUT2D eigenvalue weighted by Crippen LogP contribution is -2.23. The maximum absolute atomic E-state index is 12.3. The number of aryl methyl sites for hydroxylation is 1. The molecule has 104 valence electrons. The lowest BCUT2D eigenvalue weighted by atomic mass is 9.78. The van der Waals surface area contributed by atoms with Gasteiger partial charge in [-0.05, 0) is 49.1 Å². The van der Waals surface area contributed by atoms with Crippen LogP contribution in [-0.4, -0.2) is 5.78 Å². The standard InChI is InChI=1S/C18H26O/c1-3-14-5-7-16(8-6-14)13-18(19)17-11-9-15(4-2)10-12-17/h5-8,15,17H,3-4,9-13H2,1-2H3. The van der Waals surface area contributed by atoms with Crippen molar-refractivity contribution in [3.8, 4) is 0 Å². The summed E-state index contributed by atoms with van der Waals surface area (Å²) in [5.74, 6) is 1.65. The van der Waals surface area contributed by atoms with Crippen molar-refractivity contribution >= 4 is 5.78 Å². The largest absolute Gasteiger partial charge is 0.299 e. The molecular weight excluding hydrogens is 232 g/mol. The van der Waals surface area contributed by atoms with E-state index in [-0.39, 0.29) is 0 Å². The van der Waals surface area contributed by atoms with Gasteiger partial charge in [-0.3, -0.25) is 4.79 Å². The first kappa shape index (κ1) is 14.3. The third-order valence-corrected chi connectivity index (χ3v) is 4.69. The molecule has 1 saturated carbocycles. The Balaban J connectivity index is 1.86. The van der Waals surface area contributed by atoms with E-state index in [4.69, 9.17) is 0 Å². The summed E-state index contributed by atoms with van der Waals surface area (Å²) in [6.45, 7) is 4.43. The fourth-order valence-corrected chi connectivity index (χ4v) is 3.13. The molecule has 1 aromatic rings. The Morgan fingerprint density at radius 2 is 1.58 bits per heavy atom. The van der Waals surface area contributed by atoms with Crippen LogP contribution in [0.3, 0.4) is 0 Å². The first-order chi connectivity index (χ1) is 9.22. The minimum atomic E-state index is 0.327. The number of Topliss-reactive ketones (excluding diaryl/α,β-unsaturated/α-hetero) is 1. The van der Waals surface area contributed by atoms with Gasteiger partial charge in [0.05, 0.1) is 0 Å². The number of hydrogen-bond donors (Lipinski definition) is 0. The van der Waals surface area contributed by atoms with Gasteiger partial charge in [0.15, 0.2) is 0 Å². The molecule has 0 spiro atoms. The van der Waals surface area contributed by atoms with Gasteiger partial charge < -0.3 is 0 Å². The Kier molecular flexibility index (Phi) is 5.18. The van der Waals surface area contributed by atoms with Crippen molar-refractivity contribution in [3.05, 3.63) is 35.4 Å². The summed E-state index contributed by atoms with van der Waals surface area (Å²) in [5.41, 5.74) is 2.53. The molecule has 0 N–H and O–H groups in total. The second-order valence-electron chi connectivity index (χ2n) is 5.94. The van der Waals surface area contributed by atoms with Crippen molar-refractivity contribution in [2.45, 2.75) is 58.8 Å². The van der Waals surface area contributed by atoms with E-state index in [0.29, 0.717) is 18.1 Å². The van der Waals surface area contributed by atoms with E-state index in [0.717, 1.165) is 25.2 Å². The molecule has 1 heteroatoms. The van der Waals surface area contributed by atoms with Gasteiger partial charge in [0.2, 0.25) is 0 Å². The number of carbonyl (C=O) groups is 1. The fraction of sp³-hybridized carbons (Fsp3) is 0.611. The lowest BCUT2D eigenvalue weighted by molar-refractivity contribution is -0.123. The van der Waals surface area contributed by atoms with E-state index in [1.807, 2.05) is 0 Å². The van der Waals surface area contributed by atoms with E-state index in [1.54, 1.807) is 0 Å². The monoisotopic (exact) mass is 258 g/mol. The zero-order valence-corrected chi connectivity index (χ0v) is 12.3. The molecule has 0 heterocycles. The van der Waals surface area contributed by atoms with Crippen LogP contribution in [0.1, 0.15) is 57.1 Å². The van der Waals surface area contributed by atoms with Gasteiger partial charge in [0, 0.05) is 12.3 Å². The highest BCUT2D eigenvalue weighted by molar-refractivity contribution is 5.83. The molecule has 2 rings (SSSR count). The first-order valence-corrected chi connectivity index (χ1v) is 7.83. The first-order valence-electron chi connectivity index (χ1n) is 7.83. The maximum atomic E-state index is 12.3. The van der Waals surface area contributed by atoms with E-state index < -0.39 is 0 Å². The van der Waals surface area contributed by atoms with E-state index in [9.17, 15) is 4.79 Å². The van der Waals surface area contributed by atoms with Crippen molar-refractivity contribution in [2.75, 3.05) is 0 Å². The summed E-state index contributed by atoms with van der Waals surface area (Å²) in [7, 11) is 0. The summed E-state index contributed by atoms with van der Waals surface area (Å²) in [6.07, 6.45) is 7.71. The third kappa shape index (κ3) is 3.92. The van der Waals surface area contributed by atoms with Crippen LogP contribution >= 0.6 is 0 Å². The van der Waals surface area contributed by atoms with Crippen LogP contribution in [0, 0.1) is 11.8 Å². The van der Waals surface area contributed by atoms with Crippen LogP contribution in [0.4, 0.5) is 0 Å². The molecule has 1 fully saturated rings. The summed E-state index contributed by atoms with van der Waals surface area (Å²) >= 11 is 0. The zero-order chi connectivity index (χ0) is 13.7. The summed E-state index contributed by atoms with van der Waals surface area (Å²) in [5, 5.41) is 0. The Morgan fingerprint density at radius 1 is 1.00 bits per heavy atom. The molecule has 0 saturated heterocycles. The Morgan fingerprint density at radius 3 is 2.11 bits per heavy atom. The van der Waals surface area contributed by atoms with Crippen molar-refractivity contribution in [1.82, 2.24) is 0 Å². The number of rotatable bonds is 5. The molecule has 0 atom stereocenters. The lowest BCUT2D eigenvalue weighted by Gasteiger charge is -2.26. The van der Waals surface area contributed by atoms with Crippen LogP contribution in [0.5, 0.6) is 0 Å². The van der Waals surface area contributed by atoms with Crippen LogP contribution in [0.15, 0.2) is 24.3 Å². The molecule has 0 unspecified atom stereocenters. The maximum Gasteiger partial charge on any atom is 0.140 e. The van der Waals surface area contributed by atoms with Crippen molar-refractivity contribution in [2.24, 2.45) is 11.8 Å². The summed E-state index contributed by atoms with van der Waals surface area (Å²) in [4.78, 5) is 12.3. The fourth-order valence-electron chi connectivity index (χ4n) is 3.13. The molecule has 0 aromatic heterocycles. The SMILES string of the molecule is CCc1ccc(CC(=O)C2CCC(CC)CC2)cc1. The molecule has 1 aliphatic rings. The molecule has 0 amide bonds. The normalized spacial score (nSPS) is 23.3. The average molecular weight is 258 g/mol. The predicted molar refractivity (Wildman–Crippen MR) is 80.3 cm³/mol. The predicted octanol–water partition coefficient (Wildman–Crippen LogP) is 4.58. The Bertz CT molecular complexity index is 396. The third-order valence-electron chi connectivity index (χ3n) is 4.69. The zero-order valence-electron chi connectivity index (χ0n) is 12.3. The number of benzene rings is 1.